The molecule has 0 N–H and O–H groups in total. The molecule has 1 aromatic carbocycles. The van der Waals surface area contributed by atoms with E-state index >= 15 is 0 Å². The highest BCUT2D eigenvalue weighted by Crippen LogP contribution is 2.33. The van der Waals surface area contributed by atoms with Crippen LogP contribution in [0.1, 0.15) is 12.5 Å². The van der Waals surface area contributed by atoms with Crippen LogP contribution >= 0.6 is 15.9 Å². The summed E-state index contributed by atoms with van der Waals surface area (Å²) >= 11 is 3.32. The van der Waals surface area contributed by atoms with Crippen LogP contribution in [0.4, 0.5) is 0 Å². The molecule has 1 aromatic rings. The number of methoxy groups -OCH3 is 2. The van der Waals surface area contributed by atoms with Gasteiger partial charge < -0.3 is 9.47 Å². The van der Waals surface area contributed by atoms with Crippen LogP contribution in [0, 0.1) is 0 Å². The standard InChI is InChI=1S/C12H15BrO3/c1-12(16-3,10(13)11(14)15-2)9-7-5-4-6-8-9/h4-8,10H,1-3H3. The van der Waals surface area contributed by atoms with E-state index in [0.717, 1.165) is 5.56 Å². The van der Waals surface area contributed by atoms with E-state index in [9.17, 15) is 4.79 Å². The van der Waals surface area contributed by atoms with Crippen molar-refractivity contribution in [1.29, 1.82) is 0 Å². The topological polar surface area (TPSA) is 35.5 Å². The molecule has 0 radical (unpaired) electrons. The Bertz CT molecular complexity index is 353. The molecule has 0 aliphatic rings. The molecule has 4 heteroatoms. The van der Waals surface area contributed by atoms with Crippen LogP contribution in [0.3, 0.4) is 0 Å². The maximum absolute atomic E-state index is 11.5. The Labute approximate surface area is 104 Å². The zero-order chi connectivity index (χ0) is 12.2. The van der Waals surface area contributed by atoms with E-state index in [1.54, 1.807) is 7.11 Å². The number of halogens is 1. The van der Waals surface area contributed by atoms with Gasteiger partial charge in [0.15, 0.2) is 0 Å². The Hall–Kier alpha value is -0.870. The van der Waals surface area contributed by atoms with Crippen molar-refractivity contribution < 1.29 is 14.3 Å². The molecule has 1 rings (SSSR count). The third kappa shape index (κ3) is 2.44. The summed E-state index contributed by atoms with van der Waals surface area (Å²) in [5.41, 5.74) is 0.179. The van der Waals surface area contributed by atoms with Crippen molar-refractivity contribution in [2.75, 3.05) is 14.2 Å². The molecule has 88 valence electrons. The fraction of sp³-hybridized carbons (Fsp3) is 0.417. The van der Waals surface area contributed by atoms with Gasteiger partial charge in [-0.15, -0.1) is 0 Å². The highest BCUT2D eigenvalue weighted by Gasteiger charge is 2.39. The maximum Gasteiger partial charge on any atom is 0.322 e. The molecule has 0 aromatic heterocycles. The lowest BCUT2D eigenvalue weighted by atomic mass is 9.92. The predicted octanol–water partition coefficient (Wildman–Crippen LogP) is 2.48. The molecular formula is C12H15BrO3. The molecule has 0 saturated heterocycles. The fourth-order valence-electron chi connectivity index (χ4n) is 1.47. The van der Waals surface area contributed by atoms with Gasteiger partial charge in [0, 0.05) is 7.11 Å². The van der Waals surface area contributed by atoms with Gasteiger partial charge in [-0.05, 0) is 12.5 Å². The van der Waals surface area contributed by atoms with Crippen molar-refractivity contribution in [2.24, 2.45) is 0 Å². The zero-order valence-corrected chi connectivity index (χ0v) is 11.2. The monoisotopic (exact) mass is 286 g/mol. The van der Waals surface area contributed by atoms with Crippen LogP contribution in [-0.4, -0.2) is 25.0 Å². The number of esters is 1. The minimum absolute atomic E-state index is 0.354. The number of ether oxygens (including phenoxy) is 2. The van der Waals surface area contributed by atoms with E-state index in [4.69, 9.17) is 9.47 Å². The Kier molecular flexibility index (Phi) is 4.50. The summed E-state index contributed by atoms with van der Waals surface area (Å²) in [6.45, 7) is 1.85. The number of benzene rings is 1. The maximum atomic E-state index is 11.5. The molecule has 0 heterocycles. The van der Waals surface area contributed by atoms with Crippen LogP contribution in [0.5, 0.6) is 0 Å². The number of alkyl halides is 1. The van der Waals surface area contributed by atoms with Crippen LogP contribution in [0.25, 0.3) is 0 Å². The molecule has 16 heavy (non-hydrogen) atoms. The van der Waals surface area contributed by atoms with E-state index < -0.39 is 10.4 Å². The Morgan fingerprint density at radius 2 is 1.88 bits per heavy atom. The number of hydrogen-bond donors (Lipinski definition) is 0. The normalized spacial score (nSPS) is 16.2. The average Bonchev–Trinajstić information content (AvgIpc) is 2.37. The largest absolute Gasteiger partial charge is 0.468 e. The third-order valence-corrected chi connectivity index (χ3v) is 3.91. The van der Waals surface area contributed by atoms with Crippen molar-refractivity contribution in [3.05, 3.63) is 35.9 Å². The van der Waals surface area contributed by atoms with Crippen LogP contribution in [0.2, 0.25) is 0 Å². The van der Waals surface area contributed by atoms with E-state index in [1.165, 1.54) is 7.11 Å². The minimum Gasteiger partial charge on any atom is -0.468 e. The Morgan fingerprint density at radius 3 is 2.31 bits per heavy atom. The van der Waals surface area contributed by atoms with Crippen molar-refractivity contribution >= 4 is 21.9 Å². The predicted molar refractivity (Wildman–Crippen MR) is 65.5 cm³/mol. The molecule has 3 nitrogen and oxygen atoms in total. The van der Waals surface area contributed by atoms with Gasteiger partial charge in [0.2, 0.25) is 0 Å². The first-order valence-electron chi connectivity index (χ1n) is 4.89. The molecule has 0 aliphatic carbocycles. The first kappa shape index (κ1) is 13.2. The van der Waals surface area contributed by atoms with Crippen LogP contribution in [-0.2, 0) is 19.9 Å². The van der Waals surface area contributed by atoms with Crippen LogP contribution in [0.15, 0.2) is 30.3 Å². The van der Waals surface area contributed by atoms with E-state index in [0.29, 0.717) is 0 Å². The van der Waals surface area contributed by atoms with Crippen molar-refractivity contribution in [3.63, 3.8) is 0 Å². The summed E-state index contributed by atoms with van der Waals surface area (Å²) in [6.07, 6.45) is 0. The lowest BCUT2D eigenvalue weighted by Gasteiger charge is -2.31. The minimum atomic E-state index is -0.742. The van der Waals surface area contributed by atoms with Gasteiger partial charge in [-0.3, -0.25) is 4.79 Å². The van der Waals surface area contributed by atoms with Crippen LogP contribution < -0.4 is 0 Å². The van der Waals surface area contributed by atoms with E-state index in [2.05, 4.69) is 15.9 Å². The summed E-state index contributed by atoms with van der Waals surface area (Å²) < 4.78 is 10.2. The summed E-state index contributed by atoms with van der Waals surface area (Å²) in [7, 11) is 2.93. The first-order valence-corrected chi connectivity index (χ1v) is 5.80. The molecule has 2 atom stereocenters. The molecule has 0 fully saturated rings. The lowest BCUT2D eigenvalue weighted by molar-refractivity contribution is -0.145. The summed E-state index contributed by atoms with van der Waals surface area (Å²) in [6, 6.07) is 9.57. The van der Waals surface area contributed by atoms with Crippen molar-refractivity contribution in [2.45, 2.75) is 17.4 Å². The number of rotatable bonds is 4. The van der Waals surface area contributed by atoms with Gasteiger partial charge >= 0.3 is 5.97 Å². The van der Waals surface area contributed by atoms with E-state index in [1.807, 2.05) is 37.3 Å². The van der Waals surface area contributed by atoms with Gasteiger partial charge in [-0.25, -0.2) is 0 Å². The number of hydrogen-bond acceptors (Lipinski definition) is 3. The van der Waals surface area contributed by atoms with E-state index in [-0.39, 0.29) is 5.97 Å². The van der Waals surface area contributed by atoms with Gasteiger partial charge in [0.25, 0.3) is 0 Å². The summed E-state index contributed by atoms with van der Waals surface area (Å²) in [4.78, 5) is 11.0. The fourth-order valence-corrected chi connectivity index (χ4v) is 2.10. The second-order valence-corrected chi connectivity index (χ2v) is 4.48. The second kappa shape index (κ2) is 5.46. The summed E-state index contributed by atoms with van der Waals surface area (Å²) in [5.74, 6) is -0.354. The highest BCUT2D eigenvalue weighted by atomic mass is 79.9. The van der Waals surface area contributed by atoms with Crippen molar-refractivity contribution in [1.82, 2.24) is 0 Å². The first-order chi connectivity index (χ1) is 7.56. The molecular weight excluding hydrogens is 272 g/mol. The zero-order valence-electron chi connectivity index (χ0n) is 9.57. The lowest BCUT2D eigenvalue weighted by Crippen LogP contribution is -2.40. The molecule has 0 spiro atoms. The molecule has 0 saturated carbocycles. The van der Waals surface area contributed by atoms with Gasteiger partial charge in [-0.2, -0.15) is 0 Å². The highest BCUT2D eigenvalue weighted by molar-refractivity contribution is 9.10. The SMILES string of the molecule is COC(=O)C(Br)C(C)(OC)c1ccccc1. The molecule has 2 unspecified atom stereocenters. The summed E-state index contributed by atoms with van der Waals surface area (Å²) in [5, 5.41) is 0. The number of carbonyl (C=O) groups is 1. The second-order valence-electron chi connectivity index (χ2n) is 3.56. The Morgan fingerprint density at radius 1 is 1.31 bits per heavy atom. The van der Waals surface area contributed by atoms with Crippen molar-refractivity contribution in [3.8, 4) is 0 Å². The molecule has 0 amide bonds. The smallest absolute Gasteiger partial charge is 0.322 e. The third-order valence-electron chi connectivity index (χ3n) is 2.66. The molecule has 0 bridgehead atoms. The van der Waals surface area contributed by atoms with Gasteiger partial charge in [0.1, 0.15) is 10.4 Å². The van der Waals surface area contributed by atoms with Gasteiger partial charge in [-0.1, -0.05) is 46.3 Å². The Balaban J connectivity index is 3.07. The number of carbonyl (C=O) groups excluding carboxylic acids is 1. The average molecular weight is 287 g/mol. The molecule has 0 aliphatic heterocycles. The quantitative estimate of drug-likeness (QED) is 0.630. The van der Waals surface area contributed by atoms with Gasteiger partial charge in [0.05, 0.1) is 7.11 Å².